The molecule has 146 valence electrons. The van der Waals surface area contributed by atoms with Crippen LogP contribution in [0, 0.1) is 6.92 Å². The Kier molecular flexibility index (Phi) is 8.19. The molecule has 0 aliphatic rings. The fourth-order valence-corrected chi connectivity index (χ4v) is 2.81. The van der Waals surface area contributed by atoms with Gasteiger partial charge in [0.1, 0.15) is 11.5 Å². The van der Waals surface area contributed by atoms with E-state index in [4.69, 9.17) is 42.1 Å². The number of carbonyl (C=O) groups is 1. The van der Waals surface area contributed by atoms with Crippen molar-refractivity contribution in [2.75, 3.05) is 27.7 Å². The molecule has 27 heavy (non-hydrogen) atoms. The van der Waals surface area contributed by atoms with Gasteiger partial charge in [-0.2, -0.15) is 0 Å². The third-order valence-corrected chi connectivity index (χ3v) is 4.31. The van der Waals surface area contributed by atoms with Crippen LogP contribution in [-0.2, 0) is 16.1 Å². The molecule has 8 heteroatoms. The van der Waals surface area contributed by atoms with E-state index in [1.165, 1.54) is 7.11 Å². The van der Waals surface area contributed by atoms with Crippen molar-refractivity contribution >= 4 is 29.1 Å². The van der Waals surface area contributed by atoms with Gasteiger partial charge >= 0.3 is 0 Å². The number of benzene rings is 2. The van der Waals surface area contributed by atoms with Crippen molar-refractivity contribution < 1.29 is 23.7 Å². The minimum Gasteiger partial charge on any atom is -0.467 e. The second kappa shape index (κ2) is 10.4. The fourth-order valence-electron chi connectivity index (χ4n) is 2.34. The molecule has 1 N–H and O–H groups in total. The number of carbonyl (C=O) groups excluding carboxylic acids is 1. The zero-order chi connectivity index (χ0) is 19.8. The molecule has 0 aliphatic carbocycles. The van der Waals surface area contributed by atoms with Crippen LogP contribution in [0.3, 0.4) is 0 Å². The van der Waals surface area contributed by atoms with Crippen molar-refractivity contribution in [3.63, 3.8) is 0 Å². The summed E-state index contributed by atoms with van der Waals surface area (Å²) in [5.41, 5.74) is 1.83. The van der Waals surface area contributed by atoms with Gasteiger partial charge in [0.2, 0.25) is 0 Å². The number of amides is 1. The van der Waals surface area contributed by atoms with Gasteiger partial charge in [0.05, 0.1) is 12.2 Å². The van der Waals surface area contributed by atoms with E-state index in [-0.39, 0.29) is 26.1 Å². The normalized spacial score (nSPS) is 10.6. The summed E-state index contributed by atoms with van der Waals surface area (Å²) in [4.78, 5) is 12.1. The van der Waals surface area contributed by atoms with E-state index in [0.717, 1.165) is 5.56 Å². The first-order chi connectivity index (χ1) is 13.0. The summed E-state index contributed by atoms with van der Waals surface area (Å²) in [5.74, 6) is 0.664. The number of halogens is 2. The van der Waals surface area contributed by atoms with Crippen LogP contribution >= 0.6 is 23.2 Å². The first-order valence-corrected chi connectivity index (χ1v) is 8.85. The average molecular weight is 414 g/mol. The molecule has 2 aromatic carbocycles. The predicted molar refractivity (Wildman–Crippen MR) is 104 cm³/mol. The molecular weight excluding hydrogens is 393 g/mol. The van der Waals surface area contributed by atoms with Crippen molar-refractivity contribution in [1.82, 2.24) is 5.32 Å². The Bertz CT molecular complexity index is 798. The minimum atomic E-state index is -0.271. The van der Waals surface area contributed by atoms with E-state index in [9.17, 15) is 4.79 Å². The number of rotatable bonds is 9. The van der Waals surface area contributed by atoms with Crippen LogP contribution in [0.15, 0.2) is 30.3 Å². The monoisotopic (exact) mass is 413 g/mol. The number of methoxy groups -OCH3 is 1. The van der Waals surface area contributed by atoms with Gasteiger partial charge < -0.3 is 24.3 Å². The fraction of sp³-hybridized carbons (Fsp3) is 0.316. The number of nitrogens with one attached hydrogen (secondary N) is 1. The van der Waals surface area contributed by atoms with Crippen LogP contribution in [0.2, 0.25) is 10.0 Å². The summed E-state index contributed by atoms with van der Waals surface area (Å²) in [6.45, 7) is 2.05. The highest BCUT2D eigenvalue weighted by Gasteiger charge is 2.17. The molecule has 0 saturated carbocycles. The Labute approximate surface area is 168 Å². The molecule has 0 fully saturated rings. The SMILES string of the molecule is CNC(=O)c1ccc(OCOC)c(C)c1OCOCc1ccc(Cl)cc1Cl. The lowest BCUT2D eigenvalue weighted by molar-refractivity contribution is 0.00380. The topological polar surface area (TPSA) is 66.0 Å². The van der Waals surface area contributed by atoms with E-state index in [1.54, 1.807) is 44.3 Å². The number of hydrogen-bond donors (Lipinski definition) is 1. The average Bonchev–Trinajstić information content (AvgIpc) is 2.65. The molecule has 0 atom stereocenters. The van der Waals surface area contributed by atoms with E-state index < -0.39 is 0 Å². The molecule has 0 aliphatic heterocycles. The van der Waals surface area contributed by atoms with E-state index in [1.807, 2.05) is 0 Å². The maximum absolute atomic E-state index is 12.1. The third-order valence-electron chi connectivity index (χ3n) is 3.72. The molecule has 0 bridgehead atoms. The van der Waals surface area contributed by atoms with Crippen LogP contribution in [0.4, 0.5) is 0 Å². The smallest absolute Gasteiger partial charge is 0.254 e. The van der Waals surface area contributed by atoms with Crippen molar-refractivity contribution in [3.8, 4) is 11.5 Å². The van der Waals surface area contributed by atoms with Gasteiger partial charge in [-0.15, -0.1) is 0 Å². The van der Waals surface area contributed by atoms with E-state index >= 15 is 0 Å². The molecule has 0 radical (unpaired) electrons. The van der Waals surface area contributed by atoms with Gasteiger partial charge in [-0.1, -0.05) is 29.3 Å². The molecule has 0 spiro atoms. The Balaban J connectivity index is 2.09. The summed E-state index contributed by atoms with van der Waals surface area (Å²) in [6, 6.07) is 8.48. The van der Waals surface area contributed by atoms with Crippen molar-refractivity contribution in [3.05, 3.63) is 57.1 Å². The van der Waals surface area contributed by atoms with Crippen molar-refractivity contribution in [2.45, 2.75) is 13.5 Å². The van der Waals surface area contributed by atoms with Crippen LogP contribution in [0.25, 0.3) is 0 Å². The Morgan fingerprint density at radius 2 is 1.89 bits per heavy atom. The minimum absolute atomic E-state index is 0.0719. The van der Waals surface area contributed by atoms with Crippen LogP contribution < -0.4 is 14.8 Å². The molecule has 0 aromatic heterocycles. The summed E-state index contributed by atoms with van der Waals surface area (Å²) in [6.07, 6.45) is 0. The highest BCUT2D eigenvalue weighted by molar-refractivity contribution is 6.35. The van der Waals surface area contributed by atoms with Crippen LogP contribution in [0.5, 0.6) is 11.5 Å². The zero-order valence-corrected chi connectivity index (χ0v) is 16.8. The van der Waals surface area contributed by atoms with Gasteiger partial charge in [-0.25, -0.2) is 0 Å². The predicted octanol–water partition coefficient (Wildman–Crippen LogP) is 4.20. The maximum Gasteiger partial charge on any atom is 0.254 e. The summed E-state index contributed by atoms with van der Waals surface area (Å²) >= 11 is 12.0. The second-order valence-corrected chi connectivity index (χ2v) is 6.39. The molecule has 2 rings (SSSR count). The molecule has 2 aromatic rings. The van der Waals surface area contributed by atoms with Crippen LogP contribution in [-0.4, -0.2) is 33.7 Å². The quantitative estimate of drug-likeness (QED) is 0.492. The molecule has 0 saturated heterocycles. The Hall–Kier alpha value is -1.99. The highest BCUT2D eigenvalue weighted by atomic mass is 35.5. The standard InChI is InChI=1S/C19H21Cl2NO5/c1-12-17(26-10-24-3)7-6-15(19(23)22-2)18(12)27-11-25-9-13-4-5-14(20)8-16(13)21/h4-8H,9-11H2,1-3H3,(H,22,23). The summed E-state index contributed by atoms with van der Waals surface area (Å²) in [5, 5.41) is 3.65. The summed E-state index contributed by atoms with van der Waals surface area (Å²) in [7, 11) is 3.08. The number of ether oxygens (including phenoxy) is 4. The second-order valence-electron chi connectivity index (χ2n) is 5.54. The lowest BCUT2D eigenvalue weighted by Gasteiger charge is -2.17. The van der Waals surface area contributed by atoms with Gasteiger partial charge in [-0.3, -0.25) is 4.79 Å². The van der Waals surface area contributed by atoms with Crippen molar-refractivity contribution in [1.29, 1.82) is 0 Å². The third kappa shape index (κ3) is 5.74. The molecule has 0 unspecified atom stereocenters. The first-order valence-electron chi connectivity index (χ1n) is 8.09. The molecule has 1 amide bonds. The Morgan fingerprint density at radius 3 is 2.56 bits per heavy atom. The lowest BCUT2D eigenvalue weighted by Crippen LogP contribution is -2.20. The molecule has 0 heterocycles. The molecular formula is C19H21Cl2NO5. The summed E-state index contributed by atoms with van der Waals surface area (Å²) < 4.78 is 21.7. The highest BCUT2D eigenvalue weighted by Crippen LogP contribution is 2.32. The zero-order valence-electron chi connectivity index (χ0n) is 15.3. The first kappa shape index (κ1) is 21.3. The maximum atomic E-state index is 12.1. The van der Waals surface area contributed by atoms with Gasteiger partial charge in [0, 0.05) is 29.8 Å². The van der Waals surface area contributed by atoms with E-state index in [2.05, 4.69) is 5.32 Å². The van der Waals surface area contributed by atoms with Gasteiger partial charge in [-0.05, 0) is 36.8 Å². The lowest BCUT2D eigenvalue weighted by atomic mass is 10.1. The van der Waals surface area contributed by atoms with E-state index in [0.29, 0.717) is 32.7 Å². The van der Waals surface area contributed by atoms with Gasteiger partial charge in [0.25, 0.3) is 5.91 Å². The Morgan fingerprint density at radius 1 is 1.11 bits per heavy atom. The largest absolute Gasteiger partial charge is 0.467 e. The van der Waals surface area contributed by atoms with Crippen LogP contribution in [0.1, 0.15) is 21.5 Å². The molecule has 6 nitrogen and oxygen atoms in total. The van der Waals surface area contributed by atoms with Crippen molar-refractivity contribution in [2.24, 2.45) is 0 Å². The number of hydrogen-bond acceptors (Lipinski definition) is 5. The van der Waals surface area contributed by atoms with Gasteiger partial charge in [0.15, 0.2) is 13.6 Å².